The smallest absolute Gasteiger partial charge is 0.361 e. The van der Waals surface area contributed by atoms with Gasteiger partial charge in [-0.3, -0.25) is 0 Å². The van der Waals surface area contributed by atoms with E-state index in [2.05, 4.69) is 20.6 Å². The van der Waals surface area contributed by atoms with Crippen LogP contribution in [0.5, 0.6) is 0 Å². The van der Waals surface area contributed by atoms with Gasteiger partial charge in [-0.15, -0.1) is 0 Å². The van der Waals surface area contributed by atoms with Crippen molar-refractivity contribution in [3.63, 3.8) is 0 Å². The molecule has 1 aliphatic heterocycles. The molecule has 10 heteroatoms. The number of hydrogen-bond acceptors (Lipinski definition) is 4. The molecule has 0 radical (unpaired) electrons. The van der Waals surface area contributed by atoms with Crippen molar-refractivity contribution in [2.24, 2.45) is 0 Å². The second-order valence-corrected chi connectivity index (χ2v) is 10.5. The van der Waals surface area contributed by atoms with E-state index in [9.17, 15) is 13.2 Å². The van der Waals surface area contributed by atoms with Crippen LogP contribution in [-0.2, 0) is 11.6 Å². The minimum atomic E-state index is -4.58. The van der Waals surface area contributed by atoms with E-state index in [1.165, 1.54) is 12.0 Å². The third kappa shape index (κ3) is 6.36. The first-order valence-electron chi connectivity index (χ1n) is 12.2. The lowest BCUT2D eigenvalue weighted by atomic mass is 9.69. The Hall–Kier alpha value is -2.13. The van der Waals surface area contributed by atoms with Crippen molar-refractivity contribution >= 4 is 40.7 Å². The summed E-state index contributed by atoms with van der Waals surface area (Å²) in [5.74, 6) is 0.129. The van der Waals surface area contributed by atoms with Gasteiger partial charge in [-0.1, -0.05) is 43.0 Å². The molecule has 0 bridgehead atoms. The Morgan fingerprint density at radius 3 is 2.49 bits per heavy atom. The number of thiocarbonyl (C=S) groups is 1. The number of anilines is 2. The highest BCUT2D eigenvalue weighted by molar-refractivity contribution is 7.80. The molecule has 0 unspecified atom stereocenters. The first kappa shape index (κ1) is 25.9. The maximum Gasteiger partial charge on any atom is 0.433 e. The lowest BCUT2D eigenvalue weighted by molar-refractivity contribution is -0.141. The molecular formula is C25H31ClF3N5S. The summed E-state index contributed by atoms with van der Waals surface area (Å²) in [6.07, 6.45) is 3.73. The van der Waals surface area contributed by atoms with Crippen molar-refractivity contribution in [2.45, 2.75) is 75.9 Å². The van der Waals surface area contributed by atoms with Crippen molar-refractivity contribution in [2.75, 3.05) is 23.3 Å². The van der Waals surface area contributed by atoms with Gasteiger partial charge in [0.15, 0.2) is 10.8 Å². The van der Waals surface area contributed by atoms with E-state index >= 15 is 0 Å². The molecule has 1 aromatic carbocycles. The lowest BCUT2D eigenvalue weighted by Crippen LogP contribution is -2.43. The van der Waals surface area contributed by atoms with E-state index in [0.29, 0.717) is 18.1 Å². The van der Waals surface area contributed by atoms with Crippen molar-refractivity contribution in [1.82, 2.24) is 15.3 Å². The number of rotatable bonds is 5. The average Bonchev–Trinajstić information content (AvgIpc) is 2.83. The molecule has 0 amide bonds. The summed E-state index contributed by atoms with van der Waals surface area (Å²) in [4.78, 5) is 10.0. The summed E-state index contributed by atoms with van der Waals surface area (Å²) in [7, 11) is 0. The van der Waals surface area contributed by atoms with Crippen LogP contribution in [0.4, 0.5) is 24.9 Å². The number of nitrogens with one attached hydrogen (secondary N) is 2. The molecule has 35 heavy (non-hydrogen) atoms. The van der Waals surface area contributed by atoms with E-state index in [4.69, 9.17) is 23.8 Å². The van der Waals surface area contributed by atoms with Gasteiger partial charge in [0.2, 0.25) is 5.95 Å². The van der Waals surface area contributed by atoms with E-state index in [1.807, 2.05) is 36.1 Å². The summed E-state index contributed by atoms with van der Waals surface area (Å²) >= 11 is 11.6. The van der Waals surface area contributed by atoms with Gasteiger partial charge in [-0.2, -0.15) is 18.2 Å². The lowest BCUT2D eigenvalue weighted by Gasteiger charge is -2.38. The quantitative estimate of drug-likeness (QED) is 0.423. The van der Waals surface area contributed by atoms with Crippen molar-refractivity contribution < 1.29 is 13.2 Å². The largest absolute Gasteiger partial charge is 0.433 e. The normalized spacial score (nSPS) is 20.4. The third-order valence-corrected chi connectivity index (χ3v) is 7.68. The summed E-state index contributed by atoms with van der Waals surface area (Å²) < 4.78 is 40.8. The van der Waals surface area contributed by atoms with Crippen LogP contribution in [0.3, 0.4) is 0 Å². The third-order valence-electron chi connectivity index (χ3n) is 7.18. The van der Waals surface area contributed by atoms with Gasteiger partial charge in [0, 0.05) is 35.6 Å². The fourth-order valence-corrected chi connectivity index (χ4v) is 5.51. The van der Waals surface area contributed by atoms with E-state index in [-0.39, 0.29) is 28.3 Å². The Morgan fingerprint density at radius 1 is 1.11 bits per heavy atom. The number of benzene rings is 1. The first-order valence-corrected chi connectivity index (χ1v) is 13.0. The minimum Gasteiger partial charge on any atom is -0.361 e. The van der Waals surface area contributed by atoms with Crippen LogP contribution >= 0.6 is 23.8 Å². The molecule has 190 valence electrons. The zero-order valence-electron chi connectivity index (χ0n) is 19.8. The Labute approximate surface area is 214 Å². The summed E-state index contributed by atoms with van der Waals surface area (Å²) in [5, 5.41) is 6.94. The highest BCUT2D eigenvalue weighted by atomic mass is 35.5. The van der Waals surface area contributed by atoms with Gasteiger partial charge >= 0.3 is 6.18 Å². The minimum absolute atomic E-state index is 0.113. The predicted octanol–water partition coefficient (Wildman–Crippen LogP) is 6.72. The van der Waals surface area contributed by atoms with Crippen LogP contribution < -0.4 is 15.5 Å². The average molecular weight is 526 g/mol. The molecule has 4 rings (SSSR count). The Morgan fingerprint density at radius 2 is 1.83 bits per heavy atom. The number of piperidine rings is 1. The molecule has 2 aromatic rings. The molecule has 0 spiro atoms. The molecule has 2 heterocycles. The number of nitrogens with zero attached hydrogens (tertiary/aromatic N) is 3. The van der Waals surface area contributed by atoms with E-state index in [0.717, 1.165) is 51.0 Å². The molecular weight excluding hydrogens is 495 g/mol. The summed E-state index contributed by atoms with van der Waals surface area (Å²) in [5.41, 5.74) is 0.0987. The fraction of sp³-hybridized carbons (Fsp3) is 0.560. The van der Waals surface area contributed by atoms with Gasteiger partial charge in [-0.05, 0) is 68.9 Å². The van der Waals surface area contributed by atoms with Crippen molar-refractivity contribution in [3.8, 4) is 0 Å². The fourth-order valence-electron chi connectivity index (χ4n) is 5.22. The standard InChI is InChI=1S/C25H31ClF3N5S/c1-17-7-3-6-14-34(17)21-15-20(25(27,28)29)31-22(32-21)33-23(35)30-16-24(12-4-2-5-13-24)18-8-10-19(26)11-9-18/h8-11,15,17H,2-7,12-14,16H2,1H3,(H2,30,31,32,33,35)/t17-/m1/s1. The molecule has 1 saturated heterocycles. The highest BCUT2D eigenvalue weighted by Crippen LogP contribution is 2.39. The SMILES string of the molecule is C[C@@H]1CCCCN1c1cc(C(F)(F)F)nc(NC(=S)NCC2(c3ccc(Cl)cc3)CCCCC2)n1. The summed E-state index contributed by atoms with van der Waals surface area (Å²) in [6.45, 7) is 3.24. The maximum absolute atomic E-state index is 13.6. The Balaban J connectivity index is 1.51. The molecule has 2 aliphatic rings. The molecule has 2 N–H and O–H groups in total. The van der Waals surface area contributed by atoms with Crippen LogP contribution in [0, 0.1) is 0 Å². The van der Waals surface area contributed by atoms with Gasteiger partial charge in [0.1, 0.15) is 5.82 Å². The van der Waals surface area contributed by atoms with Crippen molar-refractivity contribution in [3.05, 3.63) is 46.6 Å². The maximum atomic E-state index is 13.6. The number of alkyl halides is 3. The Bertz CT molecular complexity index is 1020. The highest BCUT2D eigenvalue weighted by Gasteiger charge is 2.36. The van der Waals surface area contributed by atoms with Gasteiger partial charge in [-0.25, -0.2) is 4.98 Å². The van der Waals surface area contributed by atoms with Crippen LogP contribution in [0.2, 0.25) is 5.02 Å². The molecule has 2 fully saturated rings. The van der Waals surface area contributed by atoms with Gasteiger partial charge in [0.05, 0.1) is 0 Å². The van der Waals surface area contributed by atoms with Gasteiger partial charge < -0.3 is 15.5 Å². The topological polar surface area (TPSA) is 53.1 Å². The van der Waals surface area contributed by atoms with E-state index in [1.54, 1.807) is 0 Å². The molecule has 1 saturated carbocycles. The van der Waals surface area contributed by atoms with Crippen LogP contribution in [0.15, 0.2) is 30.3 Å². The van der Waals surface area contributed by atoms with Crippen LogP contribution in [-0.4, -0.2) is 34.2 Å². The first-order chi connectivity index (χ1) is 16.7. The number of halogens is 4. The number of hydrogen-bond donors (Lipinski definition) is 2. The second-order valence-electron chi connectivity index (χ2n) is 9.63. The molecule has 1 aromatic heterocycles. The van der Waals surface area contributed by atoms with E-state index < -0.39 is 11.9 Å². The van der Waals surface area contributed by atoms with Crippen LogP contribution in [0.1, 0.15) is 69.5 Å². The predicted molar refractivity (Wildman–Crippen MR) is 138 cm³/mol. The van der Waals surface area contributed by atoms with Crippen molar-refractivity contribution in [1.29, 1.82) is 0 Å². The number of aromatic nitrogens is 2. The summed E-state index contributed by atoms with van der Waals surface area (Å²) in [6, 6.07) is 9.03. The second kappa shape index (κ2) is 10.9. The van der Waals surface area contributed by atoms with Crippen LogP contribution in [0.25, 0.3) is 0 Å². The molecule has 1 atom stereocenters. The Kier molecular flexibility index (Phi) is 8.06. The monoisotopic (exact) mass is 525 g/mol. The zero-order chi connectivity index (χ0) is 25.1. The van der Waals surface area contributed by atoms with Gasteiger partial charge in [0.25, 0.3) is 0 Å². The molecule has 5 nitrogen and oxygen atoms in total. The zero-order valence-corrected chi connectivity index (χ0v) is 21.4. The molecule has 1 aliphatic carbocycles.